The van der Waals surface area contributed by atoms with Crippen molar-refractivity contribution >= 4 is 45.1 Å². The number of benzene rings is 9. The number of piperazine rings is 1. The van der Waals surface area contributed by atoms with Gasteiger partial charge in [-0.15, -0.1) is 5.10 Å². The Hall–Kier alpha value is -13.3. The zero-order valence-electron chi connectivity index (χ0n) is 54.4. The van der Waals surface area contributed by atoms with E-state index in [9.17, 15) is 60.7 Å². The number of phenols is 10. The van der Waals surface area contributed by atoms with E-state index in [0.29, 0.717) is 35.5 Å². The van der Waals surface area contributed by atoms with Crippen LogP contribution < -0.4 is 47.7 Å². The molecule has 0 spiro atoms. The molecule has 10 N–H and O–H groups in total. The fraction of sp³-hybridized carbons (Fsp3) is 0.192. The maximum absolute atomic E-state index is 14.7. The summed E-state index contributed by atoms with van der Waals surface area (Å²) in [4.78, 5) is 36.4. The van der Waals surface area contributed by atoms with Crippen LogP contribution in [-0.4, -0.2) is 140 Å². The SMILES string of the molecule is CCN(CC)c1ccc2c(-c3ccccc3C(=O)N3CCN(C(=O)Cn4cc(COc5cc(O)c6c(c5)Oc5c(O)cc(O)c(Oc7cc(O)c(Oc8cc(O)c9c(c8)Oc8c(O)cc(O)c(Oc%10cc(O)cc(O)c%10)c8O9)c(O)c7)c5O6)nn4)CC3)c3ccc(N(CC)CC)cc3[o+]c2c1. The van der Waals surface area contributed by atoms with Gasteiger partial charge in [0, 0.05) is 142 Å². The van der Waals surface area contributed by atoms with E-state index in [2.05, 4.69) is 84.2 Å². The molecule has 28 heteroatoms. The van der Waals surface area contributed by atoms with Crippen molar-refractivity contribution < 1.29 is 103 Å². The van der Waals surface area contributed by atoms with E-state index < -0.39 is 80.5 Å². The van der Waals surface area contributed by atoms with Gasteiger partial charge in [0.15, 0.2) is 57.5 Å². The smallest absolute Gasteiger partial charge is 0.363 e. The molecule has 0 bridgehead atoms. The Balaban J connectivity index is 0.606. The van der Waals surface area contributed by atoms with Crippen LogP contribution in [0.5, 0.6) is 144 Å². The Labute approximate surface area is 573 Å². The van der Waals surface area contributed by atoms with Crippen LogP contribution in [0.3, 0.4) is 0 Å². The third-order valence-electron chi connectivity index (χ3n) is 17.3. The largest absolute Gasteiger partial charge is 0.508 e. The molecule has 0 aliphatic carbocycles. The fourth-order valence-corrected chi connectivity index (χ4v) is 12.4. The summed E-state index contributed by atoms with van der Waals surface area (Å²) in [6, 6.07) is 31.8. The van der Waals surface area contributed by atoms with E-state index in [1.165, 1.54) is 23.0 Å². The topological polar surface area (TPSA) is 365 Å². The maximum atomic E-state index is 14.7. The average molecular weight is 1380 g/mol. The van der Waals surface area contributed by atoms with Crippen LogP contribution in [0.15, 0.2) is 138 Å². The molecule has 2 aromatic heterocycles. The second kappa shape index (κ2) is 26.3. The van der Waals surface area contributed by atoms with Crippen LogP contribution in [-0.2, 0) is 17.9 Å². The Morgan fingerprint density at radius 3 is 1.50 bits per heavy atom. The highest BCUT2D eigenvalue weighted by Crippen LogP contribution is 2.63. The van der Waals surface area contributed by atoms with Crippen molar-refractivity contribution in [1.29, 1.82) is 0 Å². The first-order chi connectivity index (χ1) is 48.7. The fourth-order valence-electron chi connectivity index (χ4n) is 12.4. The number of carbonyl (C=O) groups is 2. The minimum atomic E-state index is -0.749. The predicted molar refractivity (Wildman–Crippen MR) is 363 cm³/mol. The van der Waals surface area contributed by atoms with Gasteiger partial charge in [0.25, 0.3) is 5.91 Å². The molecular formula is C73H64N7O21+. The third-order valence-corrected chi connectivity index (χ3v) is 17.3. The molecule has 11 aromatic rings. The number of rotatable bonds is 19. The lowest BCUT2D eigenvalue weighted by atomic mass is 9.92. The highest BCUT2D eigenvalue weighted by atomic mass is 16.6. The van der Waals surface area contributed by atoms with E-state index in [1.807, 2.05) is 24.3 Å². The Morgan fingerprint density at radius 2 is 0.950 bits per heavy atom. The van der Waals surface area contributed by atoms with Gasteiger partial charge in [-0.25, -0.2) is 9.10 Å². The number of hydrogen-bond acceptors (Lipinski definition) is 24. The maximum Gasteiger partial charge on any atom is 0.363 e. The van der Waals surface area contributed by atoms with Gasteiger partial charge in [-0.1, -0.05) is 23.4 Å². The highest BCUT2D eigenvalue weighted by molar-refractivity contribution is 6.13. The van der Waals surface area contributed by atoms with Crippen LogP contribution >= 0.6 is 0 Å². The van der Waals surface area contributed by atoms with E-state index >= 15 is 0 Å². The van der Waals surface area contributed by atoms with Gasteiger partial charge in [0.1, 0.15) is 53.3 Å². The van der Waals surface area contributed by atoms with Crippen LogP contribution in [0.1, 0.15) is 43.7 Å². The molecule has 2 amide bonds. The van der Waals surface area contributed by atoms with E-state index in [1.54, 1.807) is 9.80 Å². The molecule has 0 unspecified atom stereocenters. The zero-order chi connectivity index (χ0) is 70.7. The number of phenolic OH excluding ortho intramolecular Hbond substituents is 10. The van der Waals surface area contributed by atoms with Crippen molar-refractivity contribution in [2.75, 3.05) is 62.2 Å². The Kier molecular flexibility index (Phi) is 16.9. The number of amides is 2. The number of anilines is 2. The second-order valence-corrected chi connectivity index (χ2v) is 23.6. The van der Waals surface area contributed by atoms with Crippen LogP contribution in [0.4, 0.5) is 11.4 Å². The number of aromatic hydroxyl groups is 10. The summed E-state index contributed by atoms with van der Waals surface area (Å²) >= 11 is 0. The van der Waals surface area contributed by atoms with E-state index in [4.69, 9.17) is 42.3 Å². The summed E-state index contributed by atoms with van der Waals surface area (Å²) in [5, 5.41) is 118. The monoisotopic (exact) mass is 1370 g/mol. The number of carbonyl (C=O) groups excluding carboxylic acids is 2. The minimum Gasteiger partial charge on any atom is -0.508 e. The van der Waals surface area contributed by atoms with Gasteiger partial charge < -0.3 is 109 Å². The molecule has 101 heavy (non-hydrogen) atoms. The van der Waals surface area contributed by atoms with E-state index in [0.717, 1.165) is 114 Å². The molecule has 516 valence electrons. The molecule has 3 aliphatic heterocycles. The van der Waals surface area contributed by atoms with Crippen molar-refractivity contribution in [2.45, 2.75) is 40.8 Å². The minimum absolute atomic E-state index is 0.0543. The number of ether oxygens (including phenoxy) is 8. The first-order valence-corrected chi connectivity index (χ1v) is 32.0. The molecule has 14 rings (SSSR count). The van der Waals surface area contributed by atoms with Gasteiger partial charge >= 0.3 is 11.2 Å². The Morgan fingerprint density at radius 1 is 0.485 bits per heavy atom. The zero-order valence-corrected chi connectivity index (χ0v) is 54.4. The molecule has 0 radical (unpaired) electrons. The Bertz CT molecular complexity index is 5030. The summed E-state index contributed by atoms with van der Waals surface area (Å²) < 4.78 is 55.0. The third kappa shape index (κ3) is 12.4. The number of aromatic nitrogens is 3. The van der Waals surface area contributed by atoms with Crippen LogP contribution in [0, 0.1) is 0 Å². The lowest BCUT2D eigenvalue weighted by Crippen LogP contribution is -2.51. The molecule has 1 fully saturated rings. The number of hydrogen-bond donors (Lipinski definition) is 10. The van der Waals surface area contributed by atoms with Crippen molar-refractivity contribution in [3.8, 4) is 155 Å². The normalized spacial score (nSPS) is 12.8. The van der Waals surface area contributed by atoms with E-state index in [-0.39, 0.29) is 101 Å². The molecular weight excluding hydrogens is 1310 g/mol. The first-order valence-electron chi connectivity index (χ1n) is 32.0. The number of fused-ring (bicyclic) bond motifs is 6. The predicted octanol–water partition coefficient (Wildman–Crippen LogP) is 13.6. The summed E-state index contributed by atoms with van der Waals surface area (Å²) in [6.45, 7) is 12.6. The first kappa shape index (κ1) is 65.0. The lowest BCUT2D eigenvalue weighted by Gasteiger charge is -2.35. The molecule has 28 nitrogen and oxygen atoms in total. The highest BCUT2D eigenvalue weighted by Gasteiger charge is 2.36. The van der Waals surface area contributed by atoms with Crippen LogP contribution in [0.25, 0.3) is 33.1 Å². The molecule has 0 atom stereocenters. The van der Waals surface area contributed by atoms with Gasteiger partial charge in [-0.3, -0.25) is 9.59 Å². The molecule has 5 heterocycles. The quantitative estimate of drug-likeness (QED) is 0.0265. The van der Waals surface area contributed by atoms with Gasteiger partial charge in [0.2, 0.25) is 57.7 Å². The lowest BCUT2D eigenvalue weighted by molar-refractivity contribution is -0.133. The summed E-state index contributed by atoms with van der Waals surface area (Å²) in [6.07, 6.45) is 1.53. The van der Waals surface area contributed by atoms with Gasteiger partial charge in [-0.05, 0) is 63.6 Å². The van der Waals surface area contributed by atoms with Crippen molar-refractivity contribution in [3.05, 3.63) is 145 Å². The standard InChI is InChI=1S/C73H63N7O21/c1-5-76(6-2)38-13-15-48-58(21-38)97-59-22-39(77(7-3)8-4)14-16-49(59)63(48)46-11-9-10-12-47(46)73(92)79-19-17-78(18-20-79)62(91)35-80-34-37(74-75-80)36-93-42-26-52(85)65-60(30-42)98-69-56(89)33-55(88)68(72(69)100-65)96-44-27-50(83)64(51(84)28-44)94-45-29-53(86)66-61(31-45)99-70-57(90)32-54(87)67(71(70)101-66)95-43-24-40(81)23-41(82)25-43/h9-16,21-34H,5-8,17-20,35-36H2,1-4H3,(H9-,81,82,83,84,85,86,87,88,89,90)/p+1. The van der Waals surface area contributed by atoms with Crippen molar-refractivity contribution in [1.82, 2.24) is 24.8 Å². The van der Waals surface area contributed by atoms with Crippen molar-refractivity contribution in [2.24, 2.45) is 0 Å². The molecule has 0 saturated carbocycles. The van der Waals surface area contributed by atoms with Crippen LogP contribution in [0.2, 0.25) is 0 Å². The summed E-state index contributed by atoms with van der Waals surface area (Å²) in [5.74, 6) is -11.3. The number of nitrogens with zero attached hydrogens (tertiary/aromatic N) is 7. The van der Waals surface area contributed by atoms with Crippen molar-refractivity contribution in [3.63, 3.8) is 0 Å². The summed E-state index contributed by atoms with van der Waals surface area (Å²) in [7, 11) is 0. The van der Waals surface area contributed by atoms with Gasteiger partial charge in [0.05, 0.1) is 29.1 Å². The molecule has 3 aliphatic rings. The molecule has 9 aromatic carbocycles. The second-order valence-electron chi connectivity index (χ2n) is 23.6. The van der Waals surface area contributed by atoms with Gasteiger partial charge in [-0.2, -0.15) is 0 Å². The average Bonchev–Trinajstić information content (AvgIpc) is 1.45. The summed E-state index contributed by atoms with van der Waals surface area (Å²) in [5.41, 5.74) is 6.01. The molecule has 1 saturated heterocycles.